The van der Waals surface area contributed by atoms with Gasteiger partial charge in [-0.1, -0.05) is 70.9 Å². The third kappa shape index (κ3) is 3.78. The highest BCUT2D eigenvalue weighted by Crippen LogP contribution is 2.36. The van der Waals surface area contributed by atoms with Gasteiger partial charge < -0.3 is 5.11 Å². The van der Waals surface area contributed by atoms with Crippen LogP contribution in [0.3, 0.4) is 0 Å². The summed E-state index contributed by atoms with van der Waals surface area (Å²) in [6.07, 6.45) is 2.70. The summed E-state index contributed by atoms with van der Waals surface area (Å²) < 4.78 is 1.01. The summed E-state index contributed by atoms with van der Waals surface area (Å²) in [4.78, 5) is 14.1. The number of aliphatic carboxylic acids is 1. The maximum atomic E-state index is 12.0. The molecule has 0 saturated carbocycles. The lowest BCUT2D eigenvalue weighted by Gasteiger charge is -2.39. The first kappa shape index (κ1) is 18.2. The number of carboxylic acid groups (broad SMARTS) is 1. The predicted molar refractivity (Wildman–Crippen MR) is 112 cm³/mol. The van der Waals surface area contributed by atoms with Crippen molar-refractivity contribution in [2.24, 2.45) is 0 Å². The lowest BCUT2D eigenvalue weighted by molar-refractivity contribution is -0.145. The van der Waals surface area contributed by atoms with E-state index in [1.807, 2.05) is 24.3 Å². The molecule has 0 bridgehead atoms. The molecule has 138 valence electrons. The molecular weight excluding hydrogens is 402 g/mol. The van der Waals surface area contributed by atoms with Gasteiger partial charge in [-0.2, -0.15) is 0 Å². The molecule has 0 aromatic heterocycles. The molecule has 0 radical (unpaired) electrons. The molecule has 3 aromatic carbocycles. The van der Waals surface area contributed by atoms with Crippen LogP contribution in [0.25, 0.3) is 10.8 Å². The second-order valence-corrected chi connectivity index (χ2v) is 8.07. The minimum Gasteiger partial charge on any atom is -0.480 e. The lowest BCUT2D eigenvalue weighted by Crippen LogP contribution is -2.46. The van der Waals surface area contributed by atoms with Gasteiger partial charge in [0.05, 0.1) is 6.04 Å². The van der Waals surface area contributed by atoms with Crippen molar-refractivity contribution in [2.45, 2.75) is 31.3 Å². The first-order chi connectivity index (χ1) is 13.1. The average molecular weight is 424 g/mol. The van der Waals surface area contributed by atoms with Crippen LogP contribution in [0.15, 0.2) is 71.2 Å². The highest BCUT2D eigenvalue weighted by atomic mass is 79.9. The van der Waals surface area contributed by atoms with Crippen LogP contribution < -0.4 is 0 Å². The summed E-state index contributed by atoms with van der Waals surface area (Å²) in [5.41, 5.74) is 2.26. The molecule has 1 aliphatic rings. The Labute approximate surface area is 167 Å². The number of likely N-dealkylation sites (tertiary alicyclic amines) is 1. The molecule has 27 heavy (non-hydrogen) atoms. The van der Waals surface area contributed by atoms with Crippen molar-refractivity contribution < 1.29 is 9.90 Å². The molecule has 1 heterocycles. The van der Waals surface area contributed by atoms with Gasteiger partial charge >= 0.3 is 5.97 Å². The minimum atomic E-state index is -0.726. The maximum Gasteiger partial charge on any atom is 0.320 e. The Morgan fingerprint density at radius 1 is 0.963 bits per heavy atom. The lowest BCUT2D eigenvalue weighted by atomic mass is 9.90. The second kappa shape index (κ2) is 7.83. The Hall–Kier alpha value is -2.17. The quantitative estimate of drug-likeness (QED) is 0.590. The molecule has 1 N–H and O–H groups in total. The van der Waals surface area contributed by atoms with E-state index in [0.29, 0.717) is 6.42 Å². The fourth-order valence-corrected chi connectivity index (χ4v) is 4.57. The number of carboxylic acids is 1. The fourth-order valence-electron chi connectivity index (χ4n) is 4.16. The Morgan fingerprint density at radius 2 is 1.74 bits per heavy atom. The predicted octanol–water partition coefficient (Wildman–Crippen LogP) is 5.63. The van der Waals surface area contributed by atoms with Gasteiger partial charge in [-0.3, -0.25) is 9.69 Å². The number of hydrogen-bond acceptors (Lipinski definition) is 2. The largest absolute Gasteiger partial charge is 0.480 e. The molecule has 4 rings (SSSR count). The van der Waals surface area contributed by atoms with Crippen molar-refractivity contribution in [1.29, 1.82) is 0 Å². The number of benzene rings is 3. The molecule has 3 aromatic rings. The van der Waals surface area contributed by atoms with Crippen molar-refractivity contribution in [3.05, 3.63) is 82.3 Å². The Kier molecular flexibility index (Phi) is 5.28. The van der Waals surface area contributed by atoms with Crippen LogP contribution in [0.5, 0.6) is 0 Å². The van der Waals surface area contributed by atoms with E-state index < -0.39 is 12.0 Å². The van der Waals surface area contributed by atoms with Crippen molar-refractivity contribution in [3.8, 4) is 0 Å². The molecule has 2 atom stereocenters. The molecule has 0 aliphatic carbocycles. The third-order valence-corrected chi connectivity index (χ3v) is 5.91. The van der Waals surface area contributed by atoms with E-state index in [1.165, 1.54) is 10.8 Å². The van der Waals surface area contributed by atoms with Crippen LogP contribution in [0.2, 0.25) is 0 Å². The second-order valence-electron chi connectivity index (χ2n) is 7.15. The number of nitrogens with zero attached hydrogens (tertiary/aromatic N) is 1. The fraction of sp³-hybridized carbons (Fsp3) is 0.261. The van der Waals surface area contributed by atoms with E-state index in [-0.39, 0.29) is 6.04 Å². The number of rotatable bonds is 4. The van der Waals surface area contributed by atoms with Gasteiger partial charge in [0.2, 0.25) is 0 Å². The molecular formula is C23H22BrNO2. The Morgan fingerprint density at radius 3 is 2.52 bits per heavy atom. The Balaban J connectivity index is 1.85. The maximum absolute atomic E-state index is 12.0. The van der Waals surface area contributed by atoms with Crippen LogP contribution >= 0.6 is 15.9 Å². The molecule has 0 spiro atoms. The molecule has 1 aliphatic heterocycles. The summed E-state index contributed by atoms with van der Waals surface area (Å²) >= 11 is 3.58. The van der Waals surface area contributed by atoms with Crippen LogP contribution in [0, 0.1) is 0 Å². The van der Waals surface area contributed by atoms with E-state index in [2.05, 4.69) is 63.3 Å². The van der Waals surface area contributed by atoms with Crippen LogP contribution in [0.4, 0.5) is 0 Å². The van der Waals surface area contributed by atoms with Crippen molar-refractivity contribution >= 4 is 32.7 Å². The summed E-state index contributed by atoms with van der Waals surface area (Å²) in [5.74, 6) is -0.726. The van der Waals surface area contributed by atoms with Gasteiger partial charge in [-0.25, -0.2) is 0 Å². The van der Waals surface area contributed by atoms with Gasteiger partial charge in [-0.15, -0.1) is 0 Å². The molecule has 2 unspecified atom stereocenters. The smallest absolute Gasteiger partial charge is 0.320 e. The van der Waals surface area contributed by atoms with Crippen LogP contribution in [-0.4, -0.2) is 28.6 Å². The third-order valence-electron chi connectivity index (χ3n) is 5.41. The Bertz CT molecular complexity index is 971. The topological polar surface area (TPSA) is 40.5 Å². The van der Waals surface area contributed by atoms with Gasteiger partial charge in [0.25, 0.3) is 0 Å². The van der Waals surface area contributed by atoms with Crippen LogP contribution in [-0.2, 0) is 4.79 Å². The summed E-state index contributed by atoms with van der Waals surface area (Å²) in [6.45, 7) is 0.793. The molecule has 1 fully saturated rings. The zero-order valence-corrected chi connectivity index (χ0v) is 16.6. The van der Waals surface area contributed by atoms with Gasteiger partial charge in [0, 0.05) is 4.47 Å². The molecule has 3 nitrogen and oxygen atoms in total. The zero-order valence-electron chi connectivity index (χ0n) is 15.0. The average Bonchev–Trinajstić information content (AvgIpc) is 2.68. The van der Waals surface area contributed by atoms with E-state index in [9.17, 15) is 9.90 Å². The monoisotopic (exact) mass is 423 g/mol. The number of halogens is 1. The molecule has 1 saturated heterocycles. The zero-order chi connectivity index (χ0) is 18.8. The van der Waals surface area contributed by atoms with Crippen LogP contribution in [0.1, 0.15) is 36.4 Å². The van der Waals surface area contributed by atoms with Gasteiger partial charge in [0.15, 0.2) is 0 Å². The molecule has 0 amide bonds. The van der Waals surface area contributed by atoms with E-state index >= 15 is 0 Å². The van der Waals surface area contributed by atoms with E-state index in [1.54, 1.807) is 0 Å². The number of hydrogen-bond donors (Lipinski definition) is 1. The van der Waals surface area contributed by atoms with Gasteiger partial charge in [0.1, 0.15) is 6.04 Å². The van der Waals surface area contributed by atoms with Gasteiger partial charge in [-0.05, 0) is 59.5 Å². The van der Waals surface area contributed by atoms with E-state index in [4.69, 9.17) is 0 Å². The van der Waals surface area contributed by atoms with Crippen molar-refractivity contribution in [1.82, 2.24) is 4.90 Å². The van der Waals surface area contributed by atoms with Crippen molar-refractivity contribution in [3.63, 3.8) is 0 Å². The van der Waals surface area contributed by atoms with Crippen molar-refractivity contribution in [2.75, 3.05) is 6.54 Å². The summed E-state index contributed by atoms with van der Waals surface area (Å²) in [7, 11) is 0. The first-order valence-electron chi connectivity index (χ1n) is 9.36. The molecule has 4 heteroatoms. The van der Waals surface area contributed by atoms with E-state index in [0.717, 1.165) is 35.0 Å². The summed E-state index contributed by atoms with van der Waals surface area (Å²) in [5, 5.41) is 12.2. The highest BCUT2D eigenvalue weighted by molar-refractivity contribution is 9.10. The number of fused-ring (bicyclic) bond motifs is 1. The highest BCUT2D eigenvalue weighted by Gasteiger charge is 2.35. The SMILES string of the molecule is O=C(O)C1CCCCN1C(c1cccc(Br)c1)c1ccc2ccccc2c1. The standard InChI is InChI=1S/C23H22BrNO2/c24-20-9-5-8-18(15-20)22(25-13-4-3-10-21(25)23(26)27)19-12-11-16-6-1-2-7-17(16)14-19/h1-2,5-9,11-12,14-15,21-22H,3-4,10,13H2,(H,26,27). The normalized spacial score (nSPS) is 19.1. The first-order valence-corrected chi connectivity index (χ1v) is 10.2. The summed E-state index contributed by atoms with van der Waals surface area (Å²) in [6, 6.07) is 22.5. The number of carbonyl (C=O) groups is 1. The number of piperidine rings is 1. The minimum absolute atomic E-state index is 0.0755.